The first-order valence-electron chi connectivity index (χ1n) is 6.24. The number of hydrogen-bond donors (Lipinski definition) is 2. The minimum absolute atomic E-state index is 0.0804. The van der Waals surface area contributed by atoms with Gasteiger partial charge in [0.15, 0.2) is 0 Å². The summed E-state index contributed by atoms with van der Waals surface area (Å²) in [5, 5.41) is 6.92. The lowest BCUT2D eigenvalue weighted by molar-refractivity contribution is 0.0951. The third-order valence-electron chi connectivity index (χ3n) is 2.86. The van der Waals surface area contributed by atoms with Crippen LogP contribution in [-0.4, -0.2) is 22.2 Å². The van der Waals surface area contributed by atoms with Crippen LogP contribution >= 0.6 is 0 Å². The first-order valence-corrected chi connectivity index (χ1v) is 6.24. The number of nitrogens with one attached hydrogen (secondary N) is 1. The second kappa shape index (κ2) is 6.15. The smallest absolute Gasteiger partial charge is 0.251 e. The lowest BCUT2D eigenvalue weighted by Crippen LogP contribution is -2.22. The standard InChI is InChI=1S/C14H18N4O/c1-18-10-12(9-17-18)8-16-14(19)13-4-2-11(3-5-13)6-7-15/h2-5,9-10H,6-8,15H2,1H3,(H,16,19). The van der Waals surface area contributed by atoms with Crippen LogP contribution < -0.4 is 11.1 Å². The summed E-state index contributed by atoms with van der Waals surface area (Å²) in [4.78, 5) is 11.9. The topological polar surface area (TPSA) is 72.9 Å². The van der Waals surface area contributed by atoms with Crippen molar-refractivity contribution >= 4 is 5.91 Å². The lowest BCUT2D eigenvalue weighted by Gasteiger charge is -2.05. The van der Waals surface area contributed by atoms with E-state index in [-0.39, 0.29) is 5.91 Å². The number of carbonyl (C=O) groups is 1. The van der Waals surface area contributed by atoms with Gasteiger partial charge in [-0.1, -0.05) is 12.1 Å². The molecule has 100 valence electrons. The van der Waals surface area contributed by atoms with E-state index in [1.54, 1.807) is 10.9 Å². The second-order valence-corrected chi connectivity index (χ2v) is 4.44. The summed E-state index contributed by atoms with van der Waals surface area (Å²) in [7, 11) is 1.85. The minimum Gasteiger partial charge on any atom is -0.348 e. The lowest BCUT2D eigenvalue weighted by atomic mass is 10.1. The normalized spacial score (nSPS) is 10.4. The molecule has 0 aliphatic carbocycles. The van der Waals surface area contributed by atoms with E-state index in [1.165, 1.54) is 0 Å². The zero-order chi connectivity index (χ0) is 13.7. The highest BCUT2D eigenvalue weighted by Gasteiger charge is 2.05. The molecule has 2 aromatic rings. The van der Waals surface area contributed by atoms with E-state index < -0.39 is 0 Å². The summed E-state index contributed by atoms with van der Waals surface area (Å²) < 4.78 is 1.71. The fourth-order valence-corrected chi connectivity index (χ4v) is 1.84. The number of nitrogens with two attached hydrogens (primary N) is 1. The van der Waals surface area contributed by atoms with Crippen LogP contribution in [0.4, 0.5) is 0 Å². The molecule has 1 heterocycles. The largest absolute Gasteiger partial charge is 0.348 e. The van der Waals surface area contributed by atoms with Gasteiger partial charge < -0.3 is 11.1 Å². The third kappa shape index (κ3) is 3.66. The fourth-order valence-electron chi connectivity index (χ4n) is 1.84. The highest BCUT2D eigenvalue weighted by Crippen LogP contribution is 2.05. The molecule has 2 rings (SSSR count). The van der Waals surface area contributed by atoms with Crippen molar-refractivity contribution in [1.82, 2.24) is 15.1 Å². The van der Waals surface area contributed by atoms with Crippen LogP contribution in [0.2, 0.25) is 0 Å². The van der Waals surface area contributed by atoms with Crippen molar-refractivity contribution in [2.24, 2.45) is 12.8 Å². The number of hydrogen-bond acceptors (Lipinski definition) is 3. The van der Waals surface area contributed by atoms with Crippen LogP contribution in [0.25, 0.3) is 0 Å². The first kappa shape index (κ1) is 13.3. The van der Waals surface area contributed by atoms with Crippen molar-refractivity contribution < 1.29 is 4.79 Å². The Hall–Kier alpha value is -2.14. The molecule has 3 N–H and O–H groups in total. The number of carbonyl (C=O) groups excluding carboxylic acids is 1. The Morgan fingerprint density at radius 3 is 2.63 bits per heavy atom. The van der Waals surface area contributed by atoms with Gasteiger partial charge in [0.2, 0.25) is 0 Å². The highest BCUT2D eigenvalue weighted by molar-refractivity contribution is 5.94. The van der Waals surface area contributed by atoms with E-state index in [0.717, 1.165) is 17.5 Å². The van der Waals surface area contributed by atoms with Crippen LogP contribution in [0, 0.1) is 0 Å². The van der Waals surface area contributed by atoms with E-state index in [9.17, 15) is 4.79 Å². The molecule has 0 saturated heterocycles. The number of rotatable bonds is 5. The molecule has 0 radical (unpaired) electrons. The summed E-state index contributed by atoms with van der Waals surface area (Å²) in [6, 6.07) is 7.52. The van der Waals surface area contributed by atoms with E-state index >= 15 is 0 Å². The zero-order valence-electron chi connectivity index (χ0n) is 11.0. The molecule has 0 spiro atoms. The van der Waals surface area contributed by atoms with Gasteiger partial charge in [0, 0.05) is 30.9 Å². The Labute approximate surface area is 112 Å². The van der Waals surface area contributed by atoms with Crippen molar-refractivity contribution in [2.75, 3.05) is 6.54 Å². The van der Waals surface area contributed by atoms with Crippen LogP contribution in [0.5, 0.6) is 0 Å². The van der Waals surface area contributed by atoms with Crippen LogP contribution in [-0.2, 0) is 20.0 Å². The van der Waals surface area contributed by atoms with Gasteiger partial charge >= 0.3 is 0 Å². The van der Waals surface area contributed by atoms with Crippen molar-refractivity contribution in [2.45, 2.75) is 13.0 Å². The van der Waals surface area contributed by atoms with Gasteiger partial charge in [-0.05, 0) is 30.7 Å². The number of aryl methyl sites for hydroxylation is 1. The predicted octanol–water partition coefficient (Wildman–Crippen LogP) is 0.851. The van der Waals surface area contributed by atoms with E-state index in [4.69, 9.17) is 5.73 Å². The monoisotopic (exact) mass is 258 g/mol. The molecule has 5 nitrogen and oxygen atoms in total. The molecule has 0 unspecified atom stereocenters. The Bertz CT molecular complexity index is 545. The number of amides is 1. The SMILES string of the molecule is Cn1cc(CNC(=O)c2ccc(CCN)cc2)cn1. The molecule has 0 aliphatic rings. The zero-order valence-corrected chi connectivity index (χ0v) is 11.0. The molecular formula is C14H18N4O. The Morgan fingerprint density at radius 2 is 2.05 bits per heavy atom. The molecule has 0 saturated carbocycles. The van der Waals surface area contributed by atoms with Gasteiger partial charge in [0.1, 0.15) is 0 Å². The van der Waals surface area contributed by atoms with Crippen molar-refractivity contribution in [1.29, 1.82) is 0 Å². The molecule has 0 fully saturated rings. The van der Waals surface area contributed by atoms with E-state index in [0.29, 0.717) is 18.7 Å². The molecule has 1 amide bonds. The maximum Gasteiger partial charge on any atom is 0.251 e. The first-order chi connectivity index (χ1) is 9.19. The van der Waals surface area contributed by atoms with Crippen molar-refractivity contribution in [3.63, 3.8) is 0 Å². The van der Waals surface area contributed by atoms with E-state index in [1.807, 2.05) is 37.5 Å². The summed E-state index contributed by atoms with van der Waals surface area (Å²) in [5.41, 5.74) is 8.27. The number of nitrogens with zero attached hydrogens (tertiary/aromatic N) is 2. The molecule has 5 heteroatoms. The van der Waals surface area contributed by atoms with E-state index in [2.05, 4.69) is 10.4 Å². The number of benzene rings is 1. The number of aromatic nitrogens is 2. The third-order valence-corrected chi connectivity index (χ3v) is 2.86. The molecule has 0 aliphatic heterocycles. The molecule has 1 aromatic carbocycles. The molecule has 0 atom stereocenters. The average Bonchev–Trinajstić information content (AvgIpc) is 2.83. The molecule has 1 aromatic heterocycles. The van der Waals surface area contributed by atoms with Gasteiger partial charge in [-0.2, -0.15) is 5.10 Å². The van der Waals surface area contributed by atoms with Gasteiger partial charge in [0.05, 0.1) is 6.20 Å². The van der Waals surface area contributed by atoms with Crippen LogP contribution in [0.3, 0.4) is 0 Å². The fraction of sp³-hybridized carbons (Fsp3) is 0.286. The van der Waals surface area contributed by atoms with Crippen molar-refractivity contribution in [3.05, 3.63) is 53.3 Å². The summed E-state index contributed by atoms with van der Waals surface area (Å²) in [6.07, 6.45) is 4.45. The van der Waals surface area contributed by atoms with Crippen LogP contribution in [0.1, 0.15) is 21.5 Å². The maximum atomic E-state index is 11.9. The summed E-state index contributed by atoms with van der Waals surface area (Å²) in [5.74, 6) is -0.0804. The predicted molar refractivity (Wildman–Crippen MR) is 73.6 cm³/mol. The Kier molecular flexibility index (Phi) is 4.30. The maximum absolute atomic E-state index is 11.9. The summed E-state index contributed by atoms with van der Waals surface area (Å²) in [6.45, 7) is 1.10. The quantitative estimate of drug-likeness (QED) is 0.835. The summed E-state index contributed by atoms with van der Waals surface area (Å²) >= 11 is 0. The Balaban J connectivity index is 1.92. The van der Waals surface area contributed by atoms with Crippen molar-refractivity contribution in [3.8, 4) is 0 Å². The van der Waals surface area contributed by atoms with Gasteiger partial charge in [-0.25, -0.2) is 0 Å². The molecular weight excluding hydrogens is 240 g/mol. The van der Waals surface area contributed by atoms with Crippen LogP contribution in [0.15, 0.2) is 36.7 Å². The van der Waals surface area contributed by atoms with Gasteiger partial charge in [-0.3, -0.25) is 9.48 Å². The molecule has 0 bridgehead atoms. The average molecular weight is 258 g/mol. The molecule has 19 heavy (non-hydrogen) atoms. The minimum atomic E-state index is -0.0804. The van der Waals surface area contributed by atoms with Gasteiger partial charge in [-0.15, -0.1) is 0 Å². The Morgan fingerprint density at radius 1 is 1.32 bits per heavy atom. The highest BCUT2D eigenvalue weighted by atomic mass is 16.1. The second-order valence-electron chi connectivity index (χ2n) is 4.44. The van der Waals surface area contributed by atoms with Gasteiger partial charge in [0.25, 0.3) is 5.91 Å².